The fourth-order valence-corrected chi connectivity index (χ4v) is 3.82. The average molecular weight is 333 g/mol. The Hall–Kier alpha value is -1.75. The maximum atomic E-state index is 12.9. The molecule has 0 saturated carbocycles. The summed E-state index contributed by atoms with van der Waals surface area (Å²) in [5.74, 6) is -0.0690. The Kier molecular flexibility index (Phi) is 6.28. The molecular formula is C18H23NO3S. The topological polar surface area (TPSA) is 57.6 Å². The zero-order chi connectivity index (χ0) is 16.8. The number of thioether (sulfide) groups is 1. The molecule has 1 atom stereocenters. The Morgan fingerprint density at radius 1 is 1.35 bits per heavy atom. The molecule has 1 heterocycles. The number of benzene rings is 1. The first kappa shape index (κ1) is 17.6. The lowest BCUT2D eigenvalue weighted by Gasteiger charge is -2.24. The van der Waals surface area contributed by atoms with Gasteiger partial charge < -0.3 is 10.0 Å². The zero-order valence-corrected chi connectivity index (χ0v) is 14.4. The second-order valence-electron chi connectivity index (χ2n) is 5.98. The Bertz CT molecular complexity index is 608. The third-order valence-electron chi connectivity index (χ3n) is 3.90. The van der Waals surface area contributed by atoms with Gasteiger partial charge in [0.15, 0.2) is 0 Å². The van der Waals surface area contributed by atoms with E-state index in [2.05, 4.69) is 19.9 Å². The molecule has 1 aromatic rings. The third kappa shape index (κ3) is 4.86. The lowest BCUT2D eigenvalue weighted by Crippen LogP contribution is -2.37. The normalized spacial score (nSPS) is 17.1. The molecule has 0 spiro atoms. The summed E-state index contributed by atoms with van der Waals surface area (Å²) in [6.45, 7) is 4.75. The van der Waals surface area contributed by atoms with Gasteiger partial charge in [0, 0.05) is 23.2 Å². The average Bonchev–Trinajstić information content (AvgIpc) is 2.94. The molecule has 124 valence electrons. The minimum atomic E-state index is -0.846. The summed E-state index contributed by atoms with van der Waals surface area (Å²) in [5, 5.41) is 9.02. The Morgan fingerprint density at radius 3 is 2.78 bits per heavy atom. The smallest absolute Gasteiger partial charge is 0.305 e. The molecular weight excluding hydrogens is 310 g/mol. The molecule has 23 heavy (non-hydrogen) atoms. The summed E-state index contributed by atoms with van der Waals surface area (Å²) < 4.78 is 0. The van der Waals surface area contributed by atoms with E-state index < -0.39 is 5.97 Å². The van der Waals surface area contributed by atoms with Crippen LogP contribution < -0.4 is 0 Å². The number of aliphatic carboxylic acids is 1. The van der Waals surface area contributed by atoms with Gasteiger partial charge in [0.25, 0.3) is 5.91 Å². The summed E-state index contributed by atoms with van der Waals surface area (Å²) in [7, 11) is 0. The van der Waals surface area contributed by atoms with Crippen LogP contribution in [-0.2, 0) is 4.79 Å². The molecule has 2 rings (SSSR count). The fraction of sp³-hybridized carbons (Fsp3) is 0.444. The van der Waals surface area contributed by atoms with Gasteiger partial charge >= 0.3 is 5.97 Å². The van der Waals surface area contributed by atoms with Gasteiger partial charge in [-0.1, -0.05) is 23.8 Å². The van der Waals surface area contributed by atoms with Crippen molar-refractivity contribution >= 4 is 23.6 Å². The van der Waals surface area contributed by atoms with Crippen LogP contribution in [0.15, 0.2) is 40.8 Å². The highest BCUT2D eigenvalue weighted by Crippen LogP contribution is 2.28. The molecule has 0 radical (unpaired) electrons. The molecule has 1 amide bonds. The molecule has 1 aliphatic heterocycles. The highest BCUT2D eigenvalue weighted by Gasteiger charge is 2.31. The maximum absolute atomic E-state index is 12.9. The van der Waals surface area contributed by atoms with Crippen LogP contribution >= 0.6 is 11.8 Å². The highest BCUT2D eigenvalue weighted by atomic mass is 32.2. The van der Waals surface area contributed by atoms with Gasteiger partial charge in [0.05, 0.1) is 12.0 Å². The molecule has 1 N–H and O–H groups in total. The van der Waals surface area contributed by atoms with Gasteiger partial charge in [-0.15, -0.1) is 11.8 Å². The third-order valence-corrected chi connectivity index (χ3v) is 4.90. The lowest BCUT2D eigenvalue weighted by molar-refractivity contribution is -0.137. The van der Waals surface area contributed by atoms with Gasteiger partial charge in [-0.05, 0) is 38.8 Å². The second kappa shape index (κ2) is 8.20. The van der Waals surface area contributed by atoms with E-state index in [-0.39, 0.29) is 18.4 Å². The van der Waals surface area contributed by atoms with E-state index in [1.807, 2.05) is 24.3 Å². The largest absolute Gasteiger partial charge is 0.481 e. The zero-order valence-electron chi connectivity index (χ0n) is 13.6. The number of carbonyl (C=O) groups is 2. The minimum absolute atomic E-state index is 0.0266. The minimum Gasteiger partial charge on any atom is -0.481 e. The van der Waals surface area contributed by atoms with Crippen LogP contribution in [0.4, 0.5) is 0 Å². The summed E-state index contributed by atoms with van der Waals surface area (Å²) >= 11 is 1.64. The number of carboxylic acid groups (broad SMARTS) is 1. The Balaban J connectivity index is 2.15. The van der Waals surface area contributed by atoms with Gasteiger partial charge in [0.1, 0.15) is 0 Å². The summed E-state index contributed by atoms with van der Waals surface area (Å²) in [6.07, 6.45) is 3.80. The van der Waals surface area contributed by atoms with E-state index in [4.69, 9.17) is 5.11 Å². The first-order chi connectivity index (χ1) is 11.0. The van der Waals surface area contributed by atoms with E-state index >= 15 is 0 Å². The van der Waals surface area contributed by atoms with E-state index in [1.165, 1.54) is 5.57 Å². The van der Waals surface area contributed by atoms with Crippen LogP contribution in [0.5, 0.6) is 0 Å². The van der Waals surface area contributed by atoms with E-state index in [0.717, 1.165) is 23.5 Å². The van der Waals surface area contributed by atoms with Crippen LogP contribution in [0, 0.1) is 0 Å². The number of carbonyl (C=O) groups excluding carboxylic acids is 1. The Labute approximate surface area is 141 Å². The van der Waals surface area contributed by atoms with Crippen LogP contribution in [0.1, 0.15) is 43.5 Å². The summed E-state index contributed by atoms with van der Waals surface area (Å²) in [6, 6.07) is 7.40. The van der Waals surface area contributed by atoms with Crippen molar-refractivity contribution in [3.05, 3.63) is 41.5 Å². The van der Waals surface area contributed by atoms with Crippen molar-refractivity contribution in [3.8, 4) is 0 Å². The summed E-state index contributed by atoms with van der Waals surface area (Å²) in [4.78, 5) is 26.5. The fourth-order valence-electron chi connectivity index (χ4n) is 2.74. The molecule has 0 bridgehead atoms. The Morgan fingerprint density at radius 2 is 2.09 bits per heavy atom. The summed E-state index contributed by atoms with van der Waals surface area (Å²) in [5.41, 5.74) is 1.93. The van der Waals surface area contributed by atoms with Crippen LogP contribution in [0.25, 0.3) is 0 Å². The van der Waals surface area contributed by atoms with Crippen LogP contribution in [-0.4, -0.2) is 40.2 Å². The standard InChI is InChI=1S/C18H23NO3S/c1-13(2)9-11-23-16-8-4-3-7-15(16)18(22)19-10-5-6-14(19)12-17(20)21/h3-4,7-9,14H,5-6,10-12H2,1-2H3,(H,20,21). The number of carboxylic acids is 1. The van der Waals surface area contributed by atoms with Crippen molar-refractivity contribution in [3.63, 3.8) is 0 Å². The molecule has 1 saturated heterocycles. The first-order valence-corrected chi connectivity index (χ1v) is 8.85. The SMILES string of the molecule is CC(C)=CCSc1ccccc1C(=O)N1CCCC1CC(=O)O. The molecule has 4 nitrogen and oxygen atoms in total. The first-order valence-electron chi connectivity index (χ1n) is 7.87. The molecule has 1 aliphatic rings. The molecule has 1 fully saturated rings. The lowest BCUT2D eigenvalue weighted by atomic mass is 10.1. The molecule has 0 aliphatic carbocycles. The maximum Gasteiger partial charge on any atom is 0.305 e. The van der Waals surface area contributed by atoms with Gasteiger partial charge in [-0.3, -0.25) is 9.59 Å². The number of likely N-dealkylation sites (tertiary alicyclic amines) is 1. The quantitative estimate of drug-likeness (QED) is 0.635. The number of hydrogen-bond acceptors (Lipinski definition) is 3. The van der Waals surface area contributed by atoms with Crippen LogP contribution in [0.2, 0.25) is 0 Å². The highest BCUT2D eigenvalue weighted by molar-refractivity contribution is 7.99. The van der Waals surface area contributed by atoms with E-state index in [9.17, 15) is 9.59 Å². The number of allylic oxidation sites excluding steroid dienone is 1. The van der Waals surface area contributed by atoms with Gasteiger partial charge in [0.2, 0.25) is 0 Å². The molecule has 0 aromatic heterocycles. The number of amides is 1. The predicted octanol–water partition coefficient (Wildman–Crippen LogP) is 3.82. The van der Waals surface area contributed by atoms with E-state index in [1.54, 1.807) is 16.7 Å². The second-order valence-corrected chi connectivity index (χ2v) is 7.04. The van der Waals surface area contributed by atoms with Crippen molar-refractivity contribution in [2.24, 2.45) is 0 Å². The van der Waals surface area contributed by atoms with Crippen molar-refractivity contribution in [1.29, 1.82) is 0 Å². The number of rotatable bonds is 6. The monoisotopic (exact) mass is 333 g/mol. The molecule has 5 heteroatoms. The van der Waals surface area contributed by atoms with Crippen molar-refractivity contribution in [2.45, 2.75) is 44.0 Å². The molecule has 1 aromatic carbocycles. The van der Waals surface area contributed by atoms with Crippen molar-refractivity contribution < 1.29 is 14.7 Å². The van der Waals surface area contributed by atoms with Crippen LogP contribution in [0.3, 0.4) is 0 Å². The van der Waals surface area contributed by atoms with Gasteiger partial charge in [-0.2, -0.15) is 0 Å². The van der Waals surface area contributed by atoms with Crippen molar-refractivity contribution in [1.82, 2.24) is 4.90 Å². The van der Waals surface area contributed by atoms with Crippen molar-refractivity contribution in [2.75, 3.05) is 12.3 Å². The number of nitrogens with zero attached hydrogens (tertiary/aromatic N) is 1. The molecule has 1 unspecified atom stereocenters. The van der Waals surface area contributed by atoms with Gasteiger partial charge in [-0.25, -0.2) is 0 Å². The van der Waals surface area contributed by atoms with E-state index in [0.29, 0.717) is 12.1 Å². The number of hydrogen-bond donors (Lipinski definition) is 1. The predicted molar refractivity (Wildman–Crippen MR) is 92.9 cm³/mol.